The van der Waals surface area contributed by atoms with E-state index in [1.54, 1.807) is 0 Å². The van der Waals surface area contributed by atoms with Crippen molar-refractivity contribution in [2.45, 2.75) is 32.7 Å². The molecule has 17 heavy (non-hydrogen) atoms. The molecule has 0 unspecified atom stereocenters. The molecule has 0 saturated heterocycles. The Morgan fingerprint density at radius 1 is 1.29 bits per heavy atom. The van der Waals surface area contributed by atoms with Crippen molar-refractivity contribution in [3.63, 3.8) is 0 Å². The van der Waals surface area contributed by atoms with Gasteiger partial charge in [0.15, 0.2) is 0 Å². The molecule has 0 radical (unpaired) electrons. The number of carbonyl (C=O) groups excluding carboxylic acids is 1. The molecule has 2 nitrogen and oxygen atoms in total. The largest absolute Gasteiger partial charge is 0.463 e. The number of halogens is 3. The molecule has 98 valence electrons. The van der Waals surface area contributed by atoms with E-state index in [9.17, 15) is 18.0 Å². The summed E-state index contributed by atoms with van der Waals surface area (Å²) in [5, 5.41) is 0. The van der Waals surface area contributed by atoms with E-state index < -0.39 is 25.8 Å². The van der Waals surface area contributed by atoms with Gasteiger partial charge in [-0.3, -0.25) is 0 Å². The molecule has 0 amide bonds. The summed E-state index contributed by atoms with van der Waals surface area (Å²) in [6.45, 7) is 7.31. The fraction of sp³-hybridized carbons (Fsp3) is 0.545. The molecule has 0 aliphatic heterocycles. The number of allylic oxidation sites excluding steroid dienone is 2. The highest BCUT2D eigenvalue weighted by Crippen LogP contribution is 2.27. The first kappa shape index (κ1) is 16.0. The molecule has 0 aliphatic rings. The third-order valence-electron chi connectivity index (χ3n) is 1.65. The third kappa shape index (κ3) is 7.79. The van der Waals surface area contributed by atoms with E-state index in [0.717, 1.165) is 6.08 Å². The summed E-state index contributed by atoms with van der Waals surface area (Å²) in [5.74, 6) is -0.972. The van der Waals surface area contributed by atoms with Crippen molar-refractivity contribution in [1.82, 2.24) is 0 Å². The second-order valence-electron chi connectivity index (χ2n) is 4.55. The smallest absolute Gasteiger partial charge is 0.416 e. The Bertz CT molecular complexity index is 325. The van der Waals surface area contributed by atoms with E-state index in [1.165, 1.54) is 12.6 Å². The quantitative estimate of drug-likeness (QED) is 0.337. The average Bonchev–Trinajstić information content (AvgIpc) is 2.09. The van der Waals surface area contributed by atoms with Gasteiger partial charge in [-0.05, 0) is 6.92 Å². The minimum atomic E-state index is -4.54. The molecule has 0 spiro atoms. The predicted molar refractivity (Wildman–Crippen MR) is 63.3 cm³/mol. The van der Waals surface area contributed by atoms with Crippen LogP contribution in [0, 0.1) is 0 Å². The van der Waals surface area contributed by atoms with Crippen molar-refractivity contribution in [2.24, 2.45) is 0 Å². The highest BCUT2D eigenvalue weighted by molar-refractivity contribution is 6.81. The van der Waals surface area contributed by atoms with Gasteiger partial charge in [-0.2, -0.15) is 13.2 Å². The molecule has 0 bridgehead atoms. The van der Waals surface area contributed by atoms with Crippen LogP contribution in [0.15, 0.2) is 23.4 Å². The van der Waals surface area contributed by atoms with Gasteiger partial charge in [0.2, 0.25) is 0 Å². The van der Waals surface area contributed by atoms with Crippen LogP contribution in [0.25, 0.3) is 0 Å². The van der Waals surface area contributed by atoms with E-state index in [4.69, 9.17) is 0 Å². The highest BCUT2D eigenvalue weighted by atomic mass is 28.3. The molecule has 0 rings (SSSR count). The number of carbonyl (C=O) groups is 1. The Balaban J connectivity index is 5.05. The molecule has 0 aromatic rings. The molecule has 0 saturated carbocycles. The van der Waals surface area contributed by atoms with Crippen LogP contribution in [-0.4, -0.2) is 26.8 Å². The summed E-state index contributed by atoms with van der Waals surface area (Å²) in [7, 11) is -1.74. The Morgan fingerprint density at radius 2 is 1.82 bits per heavy atom. The van der Waals surface area contributed by atoms with E-state index in [2.05, 4.69) is 4.74 Å². The van der Waals surface area contributed by atoms with Crippen LogP contribution in [-0.2, 0) is 9.53 Å². The molecular weight excluding hydrogens is 249 g/mol. The maximum absolute atomic E-state index is 12.6. The number of alkyl halides is 3. The Labute approximate surface area is 100 Å². The molecule has 0 heterocycles. The number of hydrogen-bond acceptors (Lipinski definition) is 2. The predicted octanol–water partition coefficient (Wildman–Crippen LogP) is 3.47. The van der Waals surface area contributed by atoms with Crippen molar-refractivity contribution < 1.29 is 22.7 Å². The van der Waals surface area contributed by atoms with Crippen LogP contribution in [0.2, 0.25) is 19.6 Å². The zero-order valence-electron chi connectivity index (χ0n) is 10.4. The topological polar surface area (TPSA) is 26.3 Å². The SMILES string of the molecule is CCOC(=O)/C=C(\C=C\[Si](C)(C)C)C(F)(F)F. The summed E-state index contributed by atoms with van der Waals surface area (Å²) in [6.07, 6.45) is -3.09. The Hall–Kier alpha value is -1.04. The van der Waals surface area contributed by atoms with Crippen LogP contribution in [0.5, 0.6) is 0 Å². The van der Waals surface area contributed by atoms with Crippen LogP contribution in [0.4, 0.5) is 13.2 Å². The second-order valence-corrected chi connectivity index (χ2v) is 9.61. The van der Waals surface area contributed by atoms with Gasteiger partial charge < -0.3 is 4.74 Å². The molecule has 0 aliphatic carbocycles. The molecule has 0 N–H and O–H groups in total. The van der Waals surface area contributed by atoms with Gasteiger partial charge in [0.05, 0.1) is 20.3 Å². The van der Waals surface area contributed by atoms with Crippen molar-refractivity contribution >= 4 is 14.0 Å². The minimum absolute atomic E-state index is 0.0538. The molecule has 0 aromatic carbocycles. The maximum Gasteiger partial charge on any atom is 0.416 e. The summed E-state index contributed by atoms with van der Waals surface area (Å²) in [5.41, 5.74) is 0.560. The van der Waals surface area contributed by atoms with Gasteiger partial charge in [-0.25, -0.2) is 4.79 Å². The molecule has 0 atom stereocenters. The first-order chi connectivity index (χ1) is 7.56. The maximum atomic E-state index is 12.6. The number of esters is 1. The van der Waals surface area contributed by atoms with Gasteiger partial charge >= 0.3 is 12.1 Å². The fourth-order valence-corrected chi connectivity index (χ4v) is 1.55. The molecule has 0 fully saturated rings. The Morgan fingerprint density at radius 3 is 2.18 bits per heavy atom. The van der Waals surface area contributed by atoms with Gasteiger partial charge in [-0.15, -0.1) is 0 Å². The number of rotatable bonds is 4. The average molecular weight is 266 g/mol. The summed E-state index contributed by atoms with van der Waals surface area (Å²) < 4.78 is 42.2. The van der Waals surface area contributed by atoms with Crippen molar-refractivity contribution in [3.05, 3.63) is 23.4 Å². The molecule has 6 heteroatoms. The van der Waals surface area contributed by atoms with Crippen molar-refractivity contribution in [1.29, 1.82) is 0 Å². The second kappa shape index (κ2) is 6.04. The minimum Gasteiger partial charge on any atom is -0.463 e. The first-order valence-corrected chi connectivity index (χ1v) is 8.79. The fourth-order valence-electron chi connectivity index (χ4n) is 0.875. The van der Waals surface area contributed by atoms with Gasteiger partial charge in [-0.1, -0.05) is 31.4 Å². The lowest BCUT2D eigenvalue weighted by molar-refractivity contribution is -0.138. The first-order valence-electron chi connectivity index (χ1n) is 5.21. The lowest BCUT2D eigenvalue weighted by atomic mass is 10.2. The van der Waals surface area contributed by atoms with Gasteiger partial charge in [0, 0.05) is 6.08 Å². The van der Waals surface area contributed by atoms with Crippen LogP contribution < -0.4 is 0 Å². The van der Waals surface area contributed by atoms with Gasteiger partial charge in [0.25, 0.3) is 0 Å². The number of hydrogen-bond donors (Lipinski definition) is 0. The van der Waals surface area contributed by atoms with E-state index >= 15 is 0 Å². The molecule has 0 aromatic heterocycles. The lowest BCUT2D eigenvalue weighted by Crippen LogP contribution is -2.18. The van der Waals surface area contributed by atoms with E-state index in [-0.39, 0.29) is 6.61 Å². The molecular formula is C11H17F3O2Si. The Kier molecular flexibility index (Phi) is 5.67. The van der Waals surface area contributed by atoms with Crippen LogP contribution in [0.3, 0.4) is 0 Å². The van der Waals surface area contributed by atoms with Crippen molar-refractivity contribution in [3.8, 4) is 0 Å². The van der Waals surface area contributed by atoms with Crippen molar-refractivity contribution in [2.75, 3.05) is 6.61 Å². The monoisotopic (exact) mass is 266 g/mol. The van der Waals surface area contributed by atoms with Gasteiger partial charge in [0.1, 0.15) is 0 Å². The zero-order valence-corrected chi connectivity index (χ0v) is 11.4. The van der Waals surface area contributed by atoms with Crippen LogP contribution in [0.1, 0.15) is 6.92 Å². The normalized spacial score (nSPS) is 14.2. The third-order valence-corrected chi connectivity index (χ3v) is 2.82. The number of ether oxygens (including phenoxy) is 1. The lowest BCUT2D eigenvalue weighted by Gasteiger charge is -2.11. The summed E-state index contributed by atoms with van der Waals surface area (Å²) in [4.78, 5) is 11.0. The summed E-state index contributed by atoms with van der Waals surface area (Å²) in [6, 6.07) is 0. The van der Waals surface area contributed by atoms with E-state index in [0.29, 0.717) is 6.08 Å². The zero-order chi connectivity index (χ0) is 13.7. The summed E-state index contributed by atoms with van der Waals surface area (Å²) >= 11 is 0. The highest BCUT2D eigenvalue weighted by Gasteiger charge is 2.33. The van der Waals surface area contributed by atoms with E-state index in [1.807, 2.05) is 19.6 Å². The standard InChI is InChI=1S/C11H17F3O2Si/c1-5-16-10(15)8-9(11(12,13)14)6-7-17(2,3)4/h6-8H,5H2,1-4H3/b7-6+,9-8+. The van der Waals surface area contributed by atoms with Crippen LogP contribution >= 0.6 is 0 Å².